The van der Waals surface area contributed by atoms with Gasteiger partial charge in [-0.2, -0.15) is 0 Å². The molecule has 3 heteroatoms. The number of hydrogen-bond donors (Lipinski definition) is 0. The molecule has 0 radical (unpaired) electrons. The Morgan fingerprint density at radius 1 is 0.490 bits per heavy atom. The molecule has 0 saturated carbocycles. The van der Waals surface area contributed by atoms with Gasteiger partial charge < -0.3 is 14.4 Å². The van der Waals surface area contributed by atoms with Crippen LogP contribution in [0.4, 0.5) is 0 Å². The van der Waals surface area contributed by atoms with Crippen LogP contribution in [0.3, 0.4) is 0 Å². The summed E-state index contributed by atoms with van der Waals surface area (Å²) in [6.45, 7) is 7.63. The van der Waals surface area contributed by atoms with Crippen molar-refractivity contribution in [3.8, 4) is 0 Å². The molecule has 1 aromatic carbocycles. The lowest BCUT2D eigenvalue weighted by Gasteiger charge is -2.55. The number of allylic oxidation sites excluding steroid dienone is 6. The van der Waals surface area contributed by atoms with Gasteiger partial charge in [0.2, 0.25) is 0 Å². The molecule has 0 atom stereocenters. The highest BCUT2D eigenvalue weighted by atomic mass is 16.9. The maximum absolute atomic E-state index is 6.82. The first-order valence-corrected chi connectivity index (χ1v) is 22.0. The first kappa shape index (κ1) is 45.5. The van der Waals surface area contributed by atoms with Crippen molar-refractivity contribution in [2.24, 2.45) is 0 Å². The van der Waals surface area contributed by atoms with Gasteiger partial charge in [0.15, 0.2) is 11.6 Å². The summed E-state index contributed by atoms with van der Waals surface area (Å²) in [5.41, 5.74) is 2.46. The molecule has 0 unspecified atom stereocenters. The molecule has 0 N–H and O–H groups in total. The highest BCUT2D eigenvalue weighted by molar-refractivity contribution is 5.27. The van der Waals surface area contributed by atoms with Gasteiger partial charge in [-0.25, -0.2) is 0 Å². The van der Waals surface area contributed by atoms with E-state index in [9.17, 15) is 0 Å². The topological polar surface area (TPSA) is 21.7 Å². The quantitative estimate of drug-likeness (QED) is 0.0526. The lowest BCUT2D eigenvalue weighted by atomic mass is 9.93. The Kier molecular flexibility index (Phi) is 26.5. The van der Waals surface area contributed by atoms with Crippen LogP contribution in [-0.4, -0.2) is 24.8 Å². The third kappa shape index (κ3) is 22.2. The molecular formula is C48H83NO2. The van der Waals surface area contributed by atoms with E-state index in [0.29, 0.717) is 0 Å². The lowest BCUT2D eigenvalue weighted by Crippen LogP contribution is -2.59. The van der Waals surface area contributed by atoms with E-state index in [1.165, 1.54) is 166 Å². The van der Waals surface area contributed by atoms with Gasteiger partial charge in [0.05, 0.1) is 0 Å². The molecule has 0 aromatic heterocycles. The second-order valence-corrected chi connectivity index (χ2v) is 16.0. The number of rotatable bonds is 34. The Balaban J connectivity index is 1.65. The van der Waals surface area contributed by atoms with Crippen molar-refractivity contribution in [3.05, 3.63) is 71.8 Å². The molecule has 1 aliphatic heterocycles. The van der Waals surface area contributed by atoms with Crippen LogP contribution in [0.1, 0.15) is 212 Å². The van der Waals surface area contributed by atoms with Gasteiger partial charge in [0, 0.05) is 24.9 Å². The molecule has 0 bridgehead atoms. The molecule has 3 nitrogen and oxygen atoms in total. The van der Waals surface area contributed by atoms with E-state index >= 15 is 0 Å². The van der Waals surface area contributed by atoms with Crippen molar-refractivity contribution < 1.29 is 9.47 Å². The molecule has 51 heavy (non-hydrogen) atoms. The number of benzene rings is 1. The molecule has 1 saturated heterocycles. The minimum Gasteiger partial charge on any atom is -0.314 e. The van der Waals surface area contributed by atoms with Crippen molar-refractivity contribution in [1.29, 1.82) is 0 Å². The van der Waals surface area contributed by atoms with Crippen LogP contribution < -0.4 is 0 Å². The second kappa shape index (κ2) is 29.7. The average molecular weight is 706 g/mol. The van der Waals surface area contributed by atoms with Crippen molar-refractivity contribution in [1.82, 2.24) is 4.90 Å². The summed E-state index contributed by atoms with van der Waals surface area (Å²) in [4.78, 5) is 2.21. The monoisotopic (exact) mass is 706 g/mol. The SMILES string of the molecule is CCCCCC=CCC=CCCCCCCCCC1(CCCCCCCCC=CCCCCCCCC)OC(C)(c2ccc(CN(C)C)cc2)O1. The summed E-state index contributed by atoms with van der Waals surface area (Å²) in [6, 6.07) is 8.85. The molecule has 1 aliphatic rings. The minimum atomic E-state index is -0.627. The first-order valence-electron chi connectivity index (χ1n) is 22.0. The molecule has 1 fully saturated rings. The maximum Gasteiger partial charge on any atom is 0.198 e. The fourth-order valence-corrected chi connectivity index (χ4v) is 7.47. The smallest absolute Gasteiger partial charge is 0.198 e. The Labute approximate surface area is 318 Å². The molecule has 2 rings (SSSR count). The van der Waals surface area contributed by atoms with Gasteiger partial charge in [-0.1, -0.05) is 171 Å². The summed E-state index contributed by atoms with van der Waals surface area (Å²) in [5, 5.41) is 0. The fourth-order valence-electron chi connectivity index (χ4n) is 7.47. The Morgan fingerprint density at radius 2 is 0.863 bits per heavy atom. The van der Waals surface area contributed by atoms with Crippen LogP contribution in [0, 0.1) is 0 Å². The molecule has 1 aromatic rings. The lowest BCUT2D eigenvalue weighted by molar-refractivity contribution is -0.518. The van der Waals surface area contributed by atoms with Crippen LogP contribution in [0.5, 0.6) is 0 Å². The zero-order valence-electron chi connectivity index (χ0n) is 34.5. The number of ether oxygens (including phenoxy) is 2. The van der Waals surface area contributed by atoms with Crippen molar-refractivity contribution in [2.75, 3.05) is 14.1 Å². The van der Waals surface area contributed by atoms with Crippen molar-refractivity contribution in [2.45, 2.75) is 219 Å². The first-order chi connectivity index (χ1) is 24.9. The molecule has 0 amide bonds. The van der Waals surface area contributed by atoms with E-state index in [0.717, 1.165) is 31.4 Å². The van der Waals surface area contributed by atoms with Gasteiger partial charge in [-0.15, -0.1) is 0 Å². The van der Waals surface area contributed by atoms with Crippen LogP contribution in [0.2, 0.25) is 0 Å². The summed E-state index contributed by atoms with van der Waals surface area (Å²) < 4.78 is 13.6. The average Bonchev–Trinajstić information content (AvgIpc) is 3.10. The van der Waals surface area contributed by atoms with Crippen LogP contribution in [0.15, 0.2) is 60.7 Å². The molecule has 292 valence electrons. The minimum absolute atomic E-state index is 0.410. The summed E-state index contributed by atoms with van der Waals surface area (Å²) in [7, 11) is 4.23. The van der Waals surface area contributed by atoms with E-state index in [-0.39, 0.29) is 0 Å². The van der Waals surface area contributed by atoms with Crippen LogP contribution >= 0.6 is 0 Å². The zero-order chi connectivity index (χ0) is 36.7. The van der Waals surface area contributed by atoms with E-state index in [4.69, 9.17) is 9.47 Å². The third-order valence-electron chi connectivity index (χ3n) is 10.6. The Bertz CT molecular complexity index is 1020. The largest absolute Gasteiger partial charge is 0.314 e. The standard InChI is InChI=1S/C48H83NO2/c1-6-8-10-12-14-16-18-20-22-24-26-28-30-32-34-36-42-48(50-47(3,51-48)46-40-38-45(39-41-46)44-49(4)5)43-37-35-33-31-29-27-25-23-21-19-17-15-13-11-9-7-2/h14,16,20-23,38-41H,6-13,15,17-19,24-37,42-44H2,1-5H3. The molecule has 1 heterocycles. The predicted molar refractivity (Wildman–Crippen MR) is 224 cm³/mol. The van der Waals surface area contributed by atoms with Crippen molar-refractivity contribution in [3.63, 3.8) is 0 Å². The summed E-state index contributed by atoms with van der Waals surface area (Å²) in [5.74, 6) is -1.04. The van der Waals surface area contributed by atoms with E-state index in [1.54, 1.807) is 0 Å². The van der Waals surface area contributed by atoms with Crippen LogP contribution in [0.25, 0.3) is 0 Å². The van der Waals surface area contributed by atoms with Gasteiger partial charge >= 0.3 is 0 Å². The highest BCUT2D eigenvalue weighted by Crippen LogP contribution is 2.50. The number of hydrogen-bond acceptors (Lipinski definition) is 3. The summed E-state index contributed by atoms with van der Waals surface area (Å²) >= 11 is 0. The molecular weight excluding hydrogens is 623 g/mol. The number of nitrogens with zero attached hydrogens (tertiary/aromatic N) is 1. The molecule has 0 aliphatic carbocycles. The fraction of sp³-hybridized carbons (Fsp3) is 0.750. The maximum atomic E-state index is 6.82. The van der Waals surface area contributed by atoms with E-state index < -0.39 is 11.6 Å². The van der Waals surface area contributed by atoms with Crippen molar-refractivity contribution >= 4 is 0 Å². The highest BCUT2D eigenvalue weighted by Gasteiger charge is 2.54. The van der Waals surface area contributed by atoms with Gasteiger partial charge in [-0.3, -0.25) is 0 Å². The molecule has 0 spiro atoms. The second-order valence-electron chi connectivity index (χ2n) is 16.0. The Morgan fingerprint density at radius 3 is 1.31 bits per heavy atom. The van der Waals surface area contributed by atoms with Gasteiger partial charge in [0.1, 0.15) is 0 Å². The zero-order valence-corrected chi connectivity index (χ0v) is 34.5. The van der Waals surface area contributed by atoms with E-state index in [2.05, 4.69) is 100 Å². The number of unbranched alkanes of at least 4 members (excludes halogenated alkanes) is 21. The summed E-state index contributed by atoms with van der Waals surface area (Å²) in [6.07, 6.45) is 50.4. The Hall–Kier alpha value is -1.68. The van der Waals surface area contributed by atoms with Gasteiger partial charge in [-0.05, 0) is 97.2 Å². The normalized spacial score (nSPS) is 19.3. The van der Waals surface area contributed by atoms with E-state index in [1.807, 2.05) is 0 Å². The van der Waals surface area contributed by atoms with Gasteiger partial charge in [0.25, 0.3) is 0 Å². The third-order valence-corrected chi connectivity index (χ3v) is 10.6. The van der Waals surface area contributed by atoms with Crippen LogP contribution in [-0.2, 0) is 21.8 Å². The predicted octanol–water partition coefficient (Wildman–Crippen LogP) is 15.3.